The van der Waals surface area contributed by atoms with E-state index in [-0.39, 0.29) is 16.0 Å². The molecule has 1 atom stereocenters. The molecule has 21 heavy (non-hydrogen) atoms. The third-order valence-corrected chi connectivity index (χ3v) is 4.79. The zero-order chi connectivity index (χ0) is 15.6. The van der Waals surface area contributed by atoms with Crippen LogP contribution < -0.4 is 4.72 Å². The third-order valence-electron chi connectivity index (χ3n) is 3.11. The average molecular weight is 309 g/mol. The van der Waals surface area contributed by atoms with Crippen molar-refractivity contribution in [1.29, 1.82) is 0 Å². The van der Waals surface area contributed by atoms with Crippen LogP contribution in [0.25, 0.3) is 0 Å². The highest BCUT2D eigenvalue weighted by atomic mass is 32.2. The lowest BCUT2D eigenvalue weighted by atomic mass is 10.1. The van der Waals surface area contributed by atoms with Crippen molar-refractivity contribution < 1.29 is 22.7 Å². The number of furan rings is 1. The van der Waals surface area contributed by atoms with Crippen LogP contribution in [0.15, 0.2) is 45.9 Å². The Morgan fingerprint density at radius 3 is 2.57 bits per heavy atom. The van der Waals surface area contributed by atoms with Crippen molar-refractivity contribution in [3.63, 3.8) is 0 Å². The van der Waals surface area contributed by atoms with Gasteiger partial charge in [0.2, 0.25) is 10.0 Å². The summed E-state index contributed by atoms with van der Waals surface area (Å²) in [4.78, 5) is 11.0. The first kappa shape index (κ1) is 15.3. The Balaban J connectivity index is 2.36. The topological polar surface area (TPSA) is 96.6 Å². The number of sulfonamides is 1. The highest BCUT2D eigenvalue weighted by Gasteiger charge is 2.23. The molecule has 0 aliphatic carbocycles. The van der Waals surface area contributed by atoms with Crippen molar-refractivity contribution in [3.05, 3.63) is 53.5 Å². The molecule has 1 aromatic heterocycles. The van der Waals surface area contributed by atoms with Gasteiger partial charge in [-0.3, -0.25) is 0 Å². The summed E-state index contributed by atoms with van der Waals surface area (Å²) in [6.07, 6.45) is 1.45. The maximum atomic E-state index is 12.4. The highest BCUT2D eigenvalue weighted by molar-refractivity contribution is 7.89. The average Bonchev–Trinajstić information content (AvgIpc) is 2.91. The molecule has 2 aromatic rings. The summed E-state index contributed by atoms with van der Waals surface area (Å²) >= 11 is 0. The maximum Gasteiger partial charge on any atom is 0.335 e. The molecule has 0 saturated heterocycles. The number of hydrogen-bond donors (Lipinski definition) is 2. The lowest BCUT2D eigenvalue weighted by molar-refractivity contribution is 0.0696. The molecule has 0 fully saturated rings. The summed E-state index contributed by atoms with van der Waals surface area (Å²) in [6, 6.07) is 6.91. The number of carbonyl (C=O) groups is 1. The molecule has 1 heterocycles. The van der Waals surface area contributed by atoms with Crippen LogP contribution in [0.4, 0.5) is 0 Å². The fourth-order valence-corrected chi connectivity index (χ4v) is 3.51. The molecule has 112 valence electrons. The molecule has 0 unspecified atom stereocenters. The number of carboxylic acids is 1. The first-order valence-electron chi connectivity index (χ1n) is 6.21. The lowest BCUT2D eigenvalue weighted by Crippen LogP contribution is -2.27. The van der Waals surface area contributed by atoms with Crippen molar-refractivity contribution in [3.8, 4) is 0 Å². The lowest BCUT2D eigenvalue weighted by Gasteiger charge is -2.14. The third kappa shape index (κ3) is 3.14. The Labute approximate surface area is 122 Å². The molecular formula is C14H15NO5S. The smallest absolute Gasteiger partial charge is 0.335 e. The van der Waals surface area contributed by atoms with Gasteiger partial charge in [0, 0.05) is 0 Å². The van der Waals surface area contributed by atoms with Gasteiger partial charge < -0.3 is 9.52 Å². The second-order valence-corrected chi connectivity index (χ2v) is 6.27. The van der Waals surface area contributed by atoms with Crippen LogP contribution in [0, 0.1) is 6.92 Å². The van der Waals surface area contributed by atoms with Crippen LogP contribution in [-0.2, 0) is 10.0 Å². The van der Waals surface area contributed by atoms with E-state index in [1.54, 1.807) is 19.1 Å². The van der Waals surface area contributed by atoms with Crippen molar-refractivity contribution in [2.75, 3.05) is 0 Å². The van der Waals surface area contributed by atoms with Gasteiger partial charge in [0.05, 0.1) is 22.8 Å². The predicted molar refractivity (Wildman–Crippen MR) is 75.6 cm³/mol. The monoisotopic (exact) mass is 309 g/mol. The van der Waals surface area contributed by atoms with Gasteiger partial charge in [-0.1, -0.05) is 6.07 Å². The molecule has 0 spiro atoms. The molecule has 2 N–H and O–H groups in total. The number of rotatable bonds is 5. The van der Waals surface area contributed by atoms with E-state index in [1.165, 1.54) is 31.4 Å². The summed E-state index contributed by atoms with van der Waals surface area (Å²) in [5.74, 6) is -0.686. The fourth-order valence-electron chi connectivity index (χ4n) is 2.03. The number of aromatic carboxylic acids is 1. The quantitative estimate of drug-likeness (QED) is 0.883. The van der Waals surface area contributed by atoms with E-state index in [1.807, 2.05) is 0 Å². The summed E-state index contributed by atoms with van der Waals surface area (Å²) in [7, 11) is -3.85. The van der Waals surface area contributed by atoms with E-state index in [4.69, 9.17) is 9.52 Å². The minimum Gasteiger partial charge on any atom is -0.478 e. The Hall–Kier alpha value is -2.12. The zero-order valence-corrected chi connectivity index (χ0v) is 12.3. The molecule has 0 aliphatic heterocycles. The fraction of sp³-hybridized carbons (Fsp3) is 0.214. The molecule has 0 radical (unpaired) electrons. The Bertz CT molecular complexity index is 750. The molecule has 2 rings (SSSR count). The minimum absolute atomic E-state index is 0.0384. The standard InChI is InChI=1S/C14H15NO5S/c1-9-11(14(16)17)5-3-7-13(9)21(18,19)15-10(2)12-6-4-8-20-12/h3-8,10,15H,1-2H3,(H,16,17)/t10-/m0/s1. The highest BCUT2D eigenvalue weighted by Crippen LogP contribution is 2.22. The Kier molecular flexibility index (Phi) is 4.15. The second-order valence-electron chi connectivity index (χ2n) is 4.59. The van der Waals surface area contributed by atoms with Gasteiger partial charge in [0.15, 0.2) is 0 Å². The largest absolute Gasteiger partial charge is 0.478 e. The predicted octanol–water partition coefficient (Wildman–Crippen LogP) is 2.33. The van der Waals surface area contributed by atoms with E-state index in [9.17, 15) is 13.2 Å². The Morgan fingerprint density at radius 1 is 1.29 bits per heavy atom. The minimum atomic E-state index is -3.85. The van der Waals surface area contributed by atoms with E-state index >= 15 is 0 Å². The van der Waals surface area contributed by atoms with Crippen LogP contribution in [0.3, 0.4) is 0 Å². The molecule has 0 bridgehead atoms. The Morgan fingerprint density at radius 2 is 2.00 bits per heavy atom. The normalized spacial score (nSPS) is 13.0. The van der Waals surface area contributed by atoms with Crippen LogP contribution in [0.5, 0.6) is 0 Å². The molecular weight excluding hydrogens is 294 g/mol. The van der Waals surface area contributed by atoms with Gasteiger partial charge >= 0.3 is 5.97 Å². The van der Waals surface area contributed by atoms with Crippen molar-refractivity contribution in [2.45, 2.75) is 24.8 Å². The summed E-state index contributed by atoms with van der Waals surface area (Å²) in [6.45, 7) is 3.11. The molecule has 7 heteroatoms. The first-order chi connectivity index (χ1) is 9.83. The van der Waals surface area contributed by atoms with E-state index in [2.05, 4.69) is 4.72 Å². The summed E-state index contributed by atoms with van der Waals surface area (Å²) in [5, 5.41) is 9.06. The first-order valence-corrected chi connectivity index (χ1v) is 7.70. The van der Waals surface area contributed by atoms with Gasteiger partial charge in [0.1, 0.15) is 5.76 Å². The van der Waals surface area contributed by atoms with Crippen molar-refractivity contribution in [1.82, 2.24) is 4.72 Å². The second kappa shape index (κ2) is 5.71. The SMILES string of the molecule is Cc1c(C(=O)O)cccc1S(=O)(=O)N[C@@H](C)c1ccco1. The number of nitrogens with one attached hydrogen (secondary N) is 1. The van der Waals surface area contributed by atoms with Gasteiger partial charge in [-0.25, -0.2) is 17.9 Å². The van der Waals surface area contributed by atoms with Crippen LogP contribution in [0.2, 0.25) is 0 Å². The van der Waals surface area contributed by atoms with Gasteiger partial charge in [-0.05, 0) is 43.7 Å². The molecule has 0 saturated carbocycles. The van der Waals surface area contributed by atoms with Crippen LogP contribution in [0.1, 0.15) is 34.6 Å². The summed E-state index contributed by atoms with van der Waals surface area (Å²) in [5.41, 5.74) is 0.160. The summed E-state index contributed by atoms with van der Waals surface area (Å²) < 4.78 is 32.4. The van der Waals surface area contributed by atoms with Gasteiger partial charge in [-0.15, -0.1) is 0 Å². The number of benzene rings is 1. The molecule has 0 aliphatic rings. The number of hydrogen-bond acceptors (Lipinski definition) is 4. The van der Waals surface area contributed by atoms with Gasteiger partial charge in [0.25, 0.3) is 0 Å². The molecule has 6 nitrogen and oxygen atoms in total. The van der Waals surface area contributed by atoms with Crippen LogP contribution >= 0.6 is 0 Å². The molecule has 1 aromatic carbocycles. The van der Waals surface area contributed by atoms with Crippen molar-refractivity contribution >= 4 is 16.0 Å². The van der Waals surface area contributed by atoms with E-state index in [0.717, 1.165) is 0 Å². The van der Waals surface area contributed by atoms with Crippen LogP contribution in [-0.4, -0.2) is 19.5 Å². The van der Waals surface area contributed by atoms with E-state index in [0.29, 0.717) is 5.76 Å². The molecule has 0 amide bonds. The number of carboxylic acid groups (broad SMARTS) is 1. The van der Waals surface area contributed by atoms with Crippen molar-refractivity contribution in [2.24, 2.45) is 0 Å². The zero-order valence-electron chi connectivity index (χ0n) is 11.5. The maximum absolute atomic E-state index is 12.4. The van der Waals surface area contributed by atoms with E-state index < -0.39 is 22.0 Å². The van der Waals surface area contributed by atoms with Gasteiger partial charge in [-0.2, -0.15) is 0 Å².